The number of hydrogen-bond acceptors (Lipinski definition) is 0. The van der Waals surface area contributed by atoms with E-state index in [0.717, 1.165) is 6.42 Å². The third-order valence-electron chi connectivity index (χ3n) is 2.53. The van der Waals surface area contributed by atoms with Crippen molar-refractivity contribution in [3.63, 3.8) is 0 Å². The number of benzene rings is 1. The average Bonchev–Trinajstić information content (AvgIpc) is 2.06. The van der Waals surface area contributed by atoms with E-state index in [9.17, 15) is 0 Å². The molecule has 1 aromatic rings. The molecule has 13 heavy (non-hydrogen) atoms. The van der Waals surface area contributed by atoms with Crippen LogP contribution < -0.4 is 0 Å². The fourth-order valence-corrected chi connectivity index (χ4v) is 1.89. The van der Waals surface area contributed by atoms with Gasteiger partial charge in [-0.25, -0.2) is 0 Å². The van der Waals surface area contributed by atoms with E-state index in [1.807, 2.05) is 0 Å². The molecule has 0 saturated heterocycles. The van der Waals surface area contributed by atoms with Gasteiger partial charge in [0, 0.05) is 0 Å². The molecular weight excluding hydrogens is 156 g/mol. The molecule has 1 aliphatic carbocycles. The zero-order valence-electron chi connectivity index (χ0n) is 8.22. The molecule has 0 amide bonds. The van der Waals surface area contributed by atoms with Crippen LogP contribution in [0.25, 0.3) is 5.57 Å². The van der Waals surface area contributed by atoms with Crippen molar-refractivity contribution in [1.82, 2.24) is 0 Å². The topological polar surface area (TPSA) is 0 Å². The summed E-state index contributed by atoms with van der Waals surface area (Å²) in [5.74, 6) is 0. The predicted molar refractivity (Wildman–Crippen MR) is 57.7 cm³/mol. The van der Waals surface area contributed by atoms with Gasteiger partial charge in [-0.3, -0.25) is 0 Å². The van der Waals surface area contributed by atoms with E-state index in [-0.39, 0.29) is 0 Å². The summed E-state index contributed by atoms with van der Waals surface area (Å²) in [7, 11) is 0. The SMILES string of the molecule is C=C1C=C(C)c2cc(C)ccc2C1. The molecule has 1 aliphatic rings. The Labute approximate surface area is 79.6 Å². The van der Waals surface area contributed by atoms with Gasteiger partial charge < -0.3 is 0 Å². The summed E-state index contributed by atoms with van der Waals surface area (Å²) in [5.41, 5.74) is 6.70. The smallest absolute Gasteiger partial charge is 0.00255 e. The number of aryl methyl sites for hydroxylation is 1. The normalized spacial score (nSPS) is 15.2. The monoisotopic (exact) mass is 170 g/mol. The zero-order chi connectivity index (χ0) is 9.42. The highest BCUT2D eigenvalue weighted by molar-refractivity contribution is 5.72. The van der Waals surface area contributed by atoms with E-state index in [4.69, 9.17) is 0 Å². The maximum atomic E-state index is 4.01. The minimum Gasteiger partial charge on any atom is -0.0955 e. The molecule has 0 N–H and O–H groups in total. The Morgan fingerprint density at radius 1 is 1.23 bits per heavy atom. The van der Waals surface area contributed by atoms with Gasteiger partial charge in [-0.2, -0.15) is 0 Å². The molecule has 2 rings (SSSR count). The maximum absolute atomic E-state index is 4.01. The molecule has 66 valence electrons. The van der Waals surface area contributed by atoms with Crippen molar-refractivity contribution < 1.29 is 0 Å². The largest absolute Gasteiger partial charge is 0.0955 e. The van der Waals surface area contributed by atoms with E-state index in [2.05, 4.69) is 44.7 Å². The van der Waals surface area contributed by atoms with Crippen LogP contribution in [0.15, 0.2) is 36.4 Å². The predicted octanol–water partition coefficient (Wildman–Crippen LogP) is 3.51. The van der Waals surface area contributed by atoms with Gasteiger partial charge in [-0.15, -0.1) is 0 Å². The number of allylic oxidation sites excluding steroid dienone is 3. The van der Waals surface area contributed by atoms with Crippen LogP contribution in [0, 0.1) is 6.92 Å². The van der Waals surface area contributed by atoms with E-state index < -0.39 is 0 Å². The molecule has 0 heterocycles. The van der Waals surface area contributed by atoms with Crippen LogP contribution >= 0.6 is 0 Å². The van der Waals surface area contributed by atoms with Gasteiger partial charge in [-0.1, -0.05) is 42.0 Å². The maximum Gasteiger partial charge on any atom is -0.00255 e. The molecule has 0 nitrogen and oxygen atoms in total. The third-order valence-corrected chi connectivity index (χ3v) is 2.53. The lowest BCUT2D eigenvalue weighted by molar-refractivity contribution is 1.15. The number of hydrogen-bond donors (Lipinski definition) is 0. The van der Waals surface area contributed by atoms with Gasteiger partial charge in [0.25, 0.3) is 0 Å². The highest BCUT2D eigenvalue weighted by Crippen LogP contribution is 2.28. The third kappa shape index (κ3) is 1.44. The Balaban J connectivity index is 2.60. The van der Waals surface area contributed by atoms with Gasteiger partial charge in [0.2, 0.25) is 0 Å². The lowest BCUT2D eigenvalue weighted by Gasteiger charge is -2.17. The molecule has 0 fully saturated rings. The molecule has 0 bridgehead atoms. The fourth-order valence-electron chi connectivity index (χ4n) is 1.89. The lowest BCUT2D eigenvalue weighted by atomic mass is 9.88. The van der Waals surface area contributed by atoms with Crippen molar-refractivity contribution >= 4 is 5.57 Å². The molecule has 0 aromatic heterocycles. The van der Waals surface area contributed by atoms with E-state index in [0.29, 0.717) is 0 Å². The average molecular weight is 170 g/mol. The molecule has 0 aliphatic heterocycles. The molecule has 1 aromatic carbocycles. The van der Waals surface area contributed by atoms with Crippen LogP contribution in [-0.2, 0) is 6.42 Å². The summed E-state index contributed by atoms with van der Waals surface area (Å²) in [6.45, 7) is 8.30. The van der Waals surface area contributed by atoms with Crippen molar-refractivity contribution in [2.24, 2.45) is 0 Å². The van der Waals surface area contributed by atoms with Gasteiger partial charge in [0.05, 0.1) is 0 Å². The molecule has 0 atom stereocenters. The zero-order valence-corrected chi connectivity index (χ0v) is 8.22. The van der Waals surface area contributed by atoms with Gasteiger partial charge in [-0.05, 0) is 37.0 Å². The Morgan fingerprint density at radius 3 is 2.77 bits per heavy atom. The summed E-state index contributed by atoms with van der Waals surface area (Å²) in [6, 6.07) is 6.64. The summed E-state index contributed by atoms with van der Waals surface area (Å²) in [5, 5.41) is 0. The first-order valence-corrected chi connectivity index (χ1v) is 4.63. The molecule has 0 spiro atoms. The molecule has 0 heteroatoms. The van der Waals surface area contributed by atoms with E-state index in [1.165, 1.54) is 27.8 Å². The van der Waals surface area contributed by atoms with Crippen molar-refractivity contribution in [3.05, 3.63) is 53.1 Å². The summed E-state index contributed by atoms with van der Waals surface area (Å²) in [6.07, 6.45) is 3.19. The summed E-state index contributed by atoms with van der Waals surface area (Å²) in [4.78, 5) is 0. The minimum atomic E-state index is 1.01. The van der Waals surface area contributed by atoms with Crippen LogP contribution in [0.3, 0.4) is 0 Å². The second kappa shape index (κ2) is 2.88. The summed E-state index contributed by atoms with van der Waals surface area (Å²) < 4.78 is 0. The van der Waals surface area contributed by atoms with Gasteiger partial charge in [0.15, 0.2) is 0 Å². The van der Waals surface area contributed by atoms with Crippen LogP contribution in [0.4, 0.5) is 0 Å². The highest BCUT2D eigenvalue weighted by Gasteiger charge is 2.10. The van der Waals surface area contributed by atoms with Crippen LogP contribution in [0.2, 0.25) is 0 Å². The number of fused-ring (bicyclic) bond motifs is 1. The van der Waals surface area contributed by atoms with Crippen molar-refractivity contribution in [2.75, 3.05) is 0 Å². The Bertz CT molecular complexity index is 394. The van der Waals surface area contributed by atoms with Gasteiger partial charge >= 0.3 is 0 Å². The first kappa shape index (κ1) is 8.31. The molecular formula is C13H14. The molecule has 0 unspecified atom stereocenters. The Kier molecular flexibility index (Phi) is 1.84. The standard InChI is InChI=1S/C13H14/c1-9-4-5-12-7-10(2)6-11(3)13(12)8-9/h4-6,8H,2,7H2,1,3H3. The van der Waals surface area contributed by atoms with Gasteiger partial charge in [0.1, 0.15) is 0 Å². The number of rotatable bonds is 0. The summed E-state index contributed by atoms with van der Waals surface area (Å²) >= 11 is 0. The second-order valence-electron chi connectivity index (χ2n) is 3.82. The lowest BCUT2D eigenvalue weighted by Crippen LogP contribution is -2.00. The minimum absolute atomic E-state index is 1.01. The van der Waals surface area contributed by atoms with Crippen molar-refractivity contribution in [2.45, 2.75) is 20.3 Å². The van der Waals surface area contributed by atoms with E-state index in [1.54, 1.807) is 0 Å². The highest BCUT2D eigenvalue weighted by atomic mass is 14.1. The quantitative estimate of drug-likeness (QED) is 0.559. The van der Waals surface area contributed by atoms with Crippen molar-refractivity contribution in [3.8, 4) is 0 Å². The van der Waals surface area contributed by atoms with Crippen molar-refractivity contribution in [1.29, 1.82) is 0 Å². The first-order chi connectivity index (χ1) is 6.16. The van der Waals surface area contributed by atoms with Crippen LogP contribution in [-0.4, -0.2) is 0 Å². The molecule has 0 radical (unpaired) electrons. The fraction of sp³-hybridized carbons (Fsp3) is 0.231. The second-order valence-corrected chi connectivity index (χ2v) is 3.82. The Morgan fingerprint density at radius 2 is 2.00 bits per heavy atom. The van der Waals surface area contributed by atoms with Crippen LogP contribution in [0.5, 0.6) is 0 Å². The Hall–Kier alpha value is -1.30. The first-order valence-electron chi connectivity index (χ1n) is 4.63. The van der Waals surface area contributed by atoms with Crippen LogP contribution in [0.1, 0.15) is 23.6 Å². The molecule has 0 saturated carbocycles. The van der Waals surface area contributed by atoms with E-state index >= 15 is 0 Å².